The summed E-state index contributed by atoms with van der Waals surface area (Å²) in [5, 5.41) is 7.90. The first-order chi connectivity index (χ1) is 18.2. The number of carbonyl (C=O) groups excluding carboxylic acids is 1. The first kappa shape index (κ1) is 24.8. The first-order valence-electron chi connectivity index (χ1n) is 13.9. The summed E-state index contributed by atoms with van der Waals surface area (Å²) in [6.45, 7) is 2.83. The van der Waals surface area contributed by atoms with Crippen molar-refractivity contribution in [3.05, 3.63) is 46.6 Å². The molecule has 1 aromatic carbocycles. The van der Waals surface area contributed by atoms with Crippen molar-refractivity contribution >= 4 is 23.3 Å². The van der Waals surface area contributed by atoms with Crippen molar-refractivity contribution in [1.29, 1.82) is 0 Å². The van der Waals surface area contributed by atoms with Gasteiger partial charge in [0, 0.05) is 49.2 Å². The highest BCUT2D eigenvalue weighted by Gasteiger charge is 2.54. The van der Waals surface area contributed by atoms with Crippen molar-refractivity contribution < 1.29 is 18.0 Å². The summed E-state index contributed by atoms with van der Waals surface area (Å²) in [4.78, 5) is 17.8. The van der Waals surface area contributed by atoms with Gasteiger partial charge in [0.05, 0.1) is 6.04 Å². The fourth-order valence-corrected chi connectivity index (χ4v) is 8.72. The molecule has 6 nitrogen and oxygen atoms in total. The van der Waals surface area contributed by atoms with Crippen molar-refractivity contribution in [3.8, 4) is 0 Å². The zero-order valence-electron chi connectivity index (χ0n) is 21.3. The molecule has 3 heterocycles. The van der Waals surface area contributed by atoms with Gasteiger partial charge in [-0.1, -0.05) is 23.7 Å². The summed E-state index contributed by atoms with van der Waals surface area (Å²) in [6, 6.07) is 5.91. The van der Waals surface area contributed by atoms with Gasteiger partial charge in [-0.3, -0.25) is 9.69 Å². The summed E-state index contributed by atoms with van der Waals surface area (Å²) in [5.74, 6) is 2.52. The molecule has 2 aromatic rings. The van der Waals surface area contributed by atoms with Gasteiger partial charge in [0.2, 0.25) is 0 Å². The Labute approximate surface area is 225 Å². The van der Waals surface area contributed by atoms with Gasteiger partial charge in [0.1, 0.15) is 5.82 Å². The van der Waals surface area contributed by atoms with Crippen molar-refractivity contribution in [1.82, 2.24) is 19.6 Å². The Morgan fingerprint density at radius 1 is 0.947 bits per heavy atom. The third kappa shape index (κ3) is 4.21. The van der Waals surface area contributed by atoms with Gasteiger partial charge >= 0.3 is 6.18 Å². The molecule has 1 amide bonds. The van der Waals surface area contributed by atoms with Crippen LogP contribution in [0.4, 0.5) is 19.0 Å². The third-order valence-corrected chi connectivity index (χ3v) is 10.2. The van der Waals surface area contributed by atoms with Crippen LogP contribution in [0.25, 0.3) is 0 Å². The van der Waals surface area contributed by atoms with Crippen LogP contribution < -0.4 is 5.32 Å². The van der Waals surface area contributed by atoms with Crippen molar-refractivity contribution in [2.75, 3.05) is 31.5 Å². The molecule has 1 aromatic heterocycles. The van der Waals surface area contributed by atoms with Crippen LogP contribution in [0.5, 0.6) is 0 Å². The molecule has 4 bridgehead atoms. The number of rotatable bonds is 3. The summed E-state index contributed by atoms with van der Waals surface area (Å²) in [7, 11) is 0. The van der Waals surface area contributed by atoms with E-state index in [2.05, 4.69) is 15.3 Å². The van der Waals surface area contributed by atoms with E-state index in [0.29, 0.717) is 29.2 Å². The minimum Gasteiger partial charge on any atom is -0.363 e. The van der Waals surface area contributed by atoms with Crippen molar-refractivity contribution in [2.45, 2.75) is 68.7 Å². The van der Waals surface area contributed by atoms with E-state index < -0.39 is 18.3 Å². The number of benzene rings is 1. The lowest BCUT2D eigenvalue weighted by molar-refractivity contribution is -0.173. The molecule has 6 aliphatic rings. The molecule has 2 atom stereocenters. The first-order valence-corrected chi connectivity index (χ1v) is 14.3. The quantitative estimate of drug-likeness (QED) is 0.518. The van der Waals surface area contributed by atoms with E-state index >= 15 is 0 Å². The van der Waals surface area contributed by atoms with Gasteiger partial charge in [-0.05, 0) is 74.0 Å². The molecule has 0 radical (unpaired) electrons. The van der Waals surface area contributed by atoms with Gasteiger partial charge in [0.25, 0.3) is 5.91 Å². The maximum atomic E-state index is 14.1. The molecule has 1 saturated heterocycles. The molecule has 5 fully saturated rings. The summed E-state index contributed by atoms with van der Waals surface area (Å²) < 4.78 is 43.2. The Morgan fingerprint density at radius 2 is 1.55 bits per heavy atom. The standard InChI is InChI=1S/C28H33ClF3N5O/c29-21-3-1-20(2-4-21)22-12-24(28(30,31)32)37-25(33-22)13-23(34-37)26(38)35-5-7-36(8-6-35)27-14-17-9-18(15-27)11-19(10-17)16-27/h1-4,13,17-19,22,24,33H,5-12,14-16H2. The number of alkyl halides is 3. The van der Waals surface area contributed by atoms with Crippen LogP contribution in [0.2, 0.25) is 5.02 Å². The highest BCUT2D eigenvalue weighted by molar-refractivity contribution is 6.30. The molecule has 204 valence electrons. The lowest BCUT2D eigenvalue weighted by Gasteiger charge is -2.61. The van der Waals surface area contributed by atoms with E-state index in [0.717, 1.165) is 35.5 Å². The highest BCUT2D eigenvalue weighted by atomic mass is 35.5. The molecule has 8 rings (SSSR count). The minimum atomic E-state index is -4.49. The van der Waals surface area contributed by atoms with Gasteiger partial charge in [0.15, 0.2) is 11.7 Å². The van der Waals surface area contributed by atoms with Crippen LogP contribution in [0.15, 0.2) is 30.3 Å². The minimum absolute atomic E-state index is 0.0711. The SMILES string of the molecule is O=C(c1cc2n(n1)C(C(F)(F)F)CC(c1ccc(Cl)cc1)N2)N1CCN(C23CC4CC(CC(C4)C2)C3)CC1. The smallest absolute Gasteiger partial charge is 0.363 e. The monoisotopic (exact) mass is 547 g/mol. The summed E-state index contributed by atoms with van der Waals surface area (Å²) >= 11 is 5.97. The summed E-state index contributed by atoms with van der Waals surface area (Å²) in [5.41, 5.74) is 1.09. The van der Waals surface area contributed by atoms with Crippen LogP contribution in [0.3, 0.4) is 0 Å². The normalized spacial score (nSPS) is 34.7. The van der Waals surface area contributed by atoms with E-state index in [9.17, 15) is 18.0 Å². The number of anilines is 1. The van der Waals surface area contributed by atoms with Crippen LogP contribution in [0.1, 0.15) is 73.1 Å². The number of amides is 1. The summed E-state index contributed by atoms with van der Waals surface area (Å²) in [6.07, 6.45) is 3.37. The maximum absolute atomic E-state index is 14.1. The largest absolute Gasteiger partial charge is 0.410 e. The average Bonchev–Trinajstić information content (AvgIpc) is 3.31. The molecule has 4 saturated carbocycles. The van der Waals surface area contributed by atoms with E-state index in [1.165, 1.54) is 44.6 Å². The molecular formula is C28H33ClF3N5O. The predicted octanol–water partition coefficient (Wildman–Crippen LogP) is 5.92. The number of fused-ring (bicyclic) bond motifs is 1. The number of halogens is 4. The molecule has 10 heteroatoms. The second-order valence-electron chi connectivity index (χ2n) is 12.3. The zero-order chi connectivity index (χ0) is 26.2. The molecule has 2 unspecified atom stereocenters. The zero-order valence-corrected chi connectivity index (χ0v) is 22.0. The van der Waals surface area contributed by atoms with E-state index in [-0.39, 0.29) is 23.8 Å². The van der Waals surface area contributed by atoms with Gasteiger partial charge < -0.3 is 10.2 Å². The van der Waals surface area contributed by atoms with E-state index in [4.69, 9.17) is 11.6 Å². The van der Waals surface area contributed by atoms with E-state index in [1.54, 1.807) is 29.2 Å². The predicted molar refractivity (Wildman–Crippen MR) is 138 cm³/mol. The van der Waals surface area contributed by atoms with Gasteiger partial charge in [-0.15, -0.1) is 0 Å². The Balaban J connectivity index is 1.07. The van der Waals surface area contributed by atoms with Crippen LogP contribution in [-0.4, -0.2) is 63.4 Å². The number of hydrogen-bond acceptors (Lipinski definition) is 4. The number of aromatic nitrogens is 2. The lowest BCUT2D eigenvalue weighted by Crippen LogP contribution is -2.64. The number of nitrogens with one attached hydrogen (secondary N) is 1. The molecule has 1 N–H and O–H groups in total. The Hall–Kier alpha value is -2.26. The van der Waals surface area contributed by atoms with Gasteiger partial charge in [-0.25, -0.2) is 4.68 Å². The average molecular weight is 548 g/mol. The molecule has 2 aliphatic heterocycles. The van der Waals surface area contributed by atoms with Crippen molar-refractivity contribution in [2.24, 2.45) is 17.8 Å². The van der Waals surface area contributed by atoms with Crippen LogP contribution >= 0.6 is 11.6 Å². The molecular weight excluding hydrogens is 515 g/mol. The Bertz CT molecular complexity index is 1180. The molecule has 0 spiro atoms. The maximum Gasteiger partial charge on any atom is 0.410 e. The van der Waals surface area contributed by atoms with Crippen molar-refractivity contribution in [3.63, 3.8) is 0 Å². The fourth-order valence-electron chi connectivity index (χ4n) is 8.59. The second-order valence-corrected chi connectivity index (χ2v) is 12.8. The van der Waals surface area contributed by atoms with Crippen LogP contribution in [0, 0.1) is 17.8 Å². The van der Waals surface area contributed by atoms with Gasteiger partial charge in [-0.2, -0.15) is 18.3 Å². The highest BCUT2D eigenvalue weighted by Crippen LogP contribution is 2.58. The van der Waals surface area contributed by atoms with E-state index in [1.807, 2.05) is 0 Å². The second kappa shape index (κ2) is 8.88. The topological polar surface area (TPSA) is 53.4 Å². The van der Waals surface area contributed by atoms with Crippen LogP contribution in [-0.2, 0) is 0 Å². The lowest BCUT2D eigenvalue weighted by atomic mass is 9.52. The number of carbonyl (C=O) groups is 1. The Morgan fingerprint density at radius 3 is 2.13 bits per heavy atom. The third-order valence-electron chi connectivity index (χ3n) is 9.92. The Kier molecular flexibility index (Phi) is 5.78. The number of piperazine rings is 1. The molecule has 38 heavy (non-hydrogen) atoms. The number of nitrogens with zero attached hydrogens (tertiary/aromatic N) is 4. The number of hydrogen-bond donors (Lipinski definition) is 1. The fraction of sp³-hybridized carbons (Fsp3) is 0.643. The molecule has 4 aliphatic carbocycles.